The number of ether oxygens (including phenoxy) is 1. The third-order valence-corrected chi connectivity index (χ3v) is 2.84. The molecule has 0 fully saturated rings. The van der Waals surface area contributed by atoms with Gasteiger partial charge in [-0.1, -0.05) is 0 Å². The van der Waals surface area contributed by atoms with E-state index < -0.39 is 0 Å². The average molecular weight is 270 g/mol. The first-order chi connectivity index (χ1) is 8.61. The zero-order valence-electron chi connectivity index (χ0n) is 10.7. The topological polar surface area (TPSA) is 55.5 Å². The van der Waals surface area contributed by atoms with Gasteiger partial charge < -0.3 is 9.64 Å². The highest BCUT2D eigenvalue weighted by Crippen LogP contribution is 2.15. The number of fused-ring (bicyclic) bond motifs is 1. The number of hydrogen-bond donors (Lipinski definition) is 0. The minimum absolute atomic E-state index is 0.0768. The number of alkyl halides is 1. The van der Waals surface area contributed by atoms with E-state index in [1.165, 1.54) is 6.33 Å². The SMILES string of the molecule is COCC(Cl)CN(C)c1cc(C)nc2ncnn12. The molecule has 0 aromatic carbocycles. The molecule has 0 aliphatic heterocycles. The largest absolute Gasteiger partial charge is 0.383 e. The Hall–Kier alpha value is -1.40. The summed E-state index contributed by atoms with van der Waals surface area (Å²) in [4.78, 5) is 10.4. The quantitative estimate of drug-likeness (QED) is 0.762. The number of halogens is 1. The van der Waals surface area contributed by atoms with Crippen LogP contribution in [0.1, 0.15) is 5.69 Å². The molecule has 2 heterocycles. The van der Waals surface area contributed by atoms with Crippen LogP contribution in [0.3, 0.4) is 0 Å². The molecule has 2 aromatic heterocycles. The summed E-state index contributed by atoms with van der Waals surface area (Å²) in [6, 6.07) is 1.96. The summed E-state index contributed by atoms with van der Waals surface area (Å²) < 4.78 is 6.73. The van der Waals surface area contributed by atoms with E-state index in [9.17, 15) is 0 Å². The molecular formula is C11H16ClN5O. The Kier molecular flexibility index (Phi) is 3.98. The second-order valence-corrected chi connectivity index (χ2v) is 4.78. The maximum Gasteiger partial charge on any atom is 0.254 e. The van der Waals surface area contributed by atoms with Gasteiger partial charge in [0.05, 0.1) is 12.0 Å². The first-order valence-corrected chi connectivity index (χ1v) is 6.07. The third-order valence-electron chi connectivity index (χ3n) is 2.57. The van der Waals surface area contributed by atoms with Crippen LogP contribution in [-0.4, -0.2) is 52.3 Å². The number of aryl methyl sites for hydroxylation is 1. The van der Waals surface area contributed by atoms with Crippen molar-refractivity contribution in [2.45, 2.75) is 12.3 Å². The Bertz CT molecular complexity index is 529. The fraction of sp³-hybridized carbons (Fsp3) is 0.545. The molecule has 0 saturated heterocycles. The molecule has 0 amide bonds. The number of methoxy groups -OCH3 is 1. The van der Waals surface area contributed by atoms with Gasteiger partial charge in [0.1, 0.15) is 12.1 Å². The van der Waals surface area contributed by atoms with Gasteiger partial charge in [0.2, 0.25) is 0 Å². The van der Waals surface area contributed by atoms with Gasteiger partial charge in [-0.3, -0.25) is 0 Å². The molecule has 0 radical (unpaired) electrons. The summed E-state index contributed by atoms with van der Waals surface area (Å²) in [5.74, 6) is 1.51. The fourth-order valence-electron chi connectivity index (χ4n) is 1.81. The highest BCUT2D eigenvalue weighted by Gasteiger charge is 2.13. The van der Waals surface area contributed by atoms with E-state index in [1.807, 2.05) is 24.9 Å². The third kappa shape index (κ3) is 2.70. The van der Waals surface area contributed by atoms with E-state index in [1.54, 1.807) is 11.6 Å². The van der Waals surface area contributed by atoms with Crippen molar-refractivity contribution in [3.8, 4) is 0 Å². The Morgan fingerprint density at radius 2 is 2.33 bits per heavy atom. The Labute approximate surface area is 111 Å². The van der Waals surface area contributed by atoms with Crippen molar-refractivity contribution in [2.24, 2.45) is 0 Å². The molecule has 0 aliphatic rings. The van der Waals surface area contributed by atoms with Crippen LogP contribution in [0.4, 0.5) is 5.82 Å². The van der Waals surface area contributed by atoms with Crippen molar-refractivity contribution < 1.29 is 4.74 Å². The molecule has 0 bridgehead atoms. The average Bonchev–Trinajstić information content (AvgIpc) is 2.75. The number of aromatic nitrogens is 4. The van der Waals surface area contributed by atoms with Crippen molar-refractivity contribution in [3.63, 3.8) is 0 Å². The molecule has 2 rings (SSSR count). The lowest BCUT2D eigenvalue weighted by molar-refractivity contribution is 0.199. The van der Waals surface area contributed by atoms with Gasteiger partial charge in [-0.05, 0) is 6.92 Å². The van der Waals surface area contributed by atoms with Gasteiger partial charge in [0.15, 0.2) is 0 Å². The van der Waals surface area contributed by atoms with E-state index in [-0.39, 0.29) is 5.38 Å². The van der Waals surface area contributed by atoms with Crippen molar-refractivity contribution in [1.29, 1.82) is 0 Å². The molecule has 2 aromatic rings. The van der Waals surface area contributed by atoms with Crippen LogP contribution < -0.4 is 4.90 Å². The van der Waals surface area contributed by atoms with Crippen molar-refractivity contribution in [1.82, 2.24) is 19.6 Å². The normalized spacial score (nSPS) is 12.9. The van der Waals surface area contributed by atoms with Crippen LogP contribution in [0.25, 0.3) is 5.78 Å². The number of anilines is 1. The van der Waals surface area contributed by atoms with E-state index in [2.05, 4.69) is 15.1 Å². The van der Waals surface area contributed by atoms with Crippen LogP contribution in [0.15, 0.2) is 12.4 Å². The van der Waals surface area contributed by atoms with Gasteiger partial charge in [-0.25, -0.2) is 4.98 Å². The van der Waals surface area contributed by atoms with E-state index >= 15 is 0 Å². The minimum atomic E-state index is -0.0768. The Balaban J connectivity index is 2.26. The summed E-state index contributed by atoms with van der Waals surface area (Å²) in [6.07, 6.45) is 1.49. The van der Waals surface area contributed by atoms with Crippen LogP contribution in [0.2, 0.25) is 0 Å². The van der Waals surface area contributed by atoms with Crippen LogP contribution in [0.5, 0.6) is 0 Å². The predicted octanol–water partition coefficient (Wildman–Crippen LogP) is 1.12. The van der Waals surface area contributed by atoms with Gasteiger partial charge in [0.25, 0.3) is 5.78 Å². The second-order valence-electron chi connectivity index (χ2n) is 4.16. The molecule has 7 heteroatoms. The number of nitrogens with zero attached hydrogens (tertiary/aromatic N) is 5. The summed E-state index contributed by atoms with van der Waals surface area (Å²) >= 11 is 6.16. The minimum Gasteiger partial charge on any atom is -0.383 e. The predicted molar refractivity (Wildman–Crippen MR) is 70.3 cm³/mol. The zero-order chi connectivity index (χ0) is 13.1. The van der Waals surface area contributed by atoms with Gasteiger partial charge in [-0.2, -0.15) is 14.6 Å². The van der Waals surface area contributed by atoms with E-state index in [4.69, 9.17) is 16.3 Å². The highest BCUT2D eigenvalue weighted by molar-refractivity contribution is 6.21. The number of rotatable bonds is 5. The molecular weight excluding hydrogens is 254 g/mol. The zero-order valence-corrected chi connectivity index (χ0v) is 11.4. The highest BCUT2D eigenvalue weighted by atomic mass is 35.5. The summed E-state index contributed by atoms with van der Waals surface area (Å²) in [6.45, 7) is 3.10. The first kappa shape index (κ1) is 13.0. The smallest absolute Gasteiger partial charge is 0.254 e. The number of hydrogen-bond acceptors (Lipinski definition) is 5. The molecule has 1 atom stereocenters. The van der Waals surface area contributed by atoms with Crippen LogP contribution >= 0.6 is 11.6 Å². The molecule has 18 heavy (non-hydrogen) atoms. The molecule has 1 unspecified atom stereocenters. The maximum atomic E-state index is 6.16. The van der Waals surface area contributed by atoms with Crippen LogP contribution in [-0.2, 0) is 4.74 Å². The van der Waals surface area contributed by atoms with Crippen LogP contribution in [0, 0.1) is 6.92 Å². The van der Waals surface area contributed by atoms with Gasteiger partial charge in [-0.15, -0.1) is 11.6 Å². The van der Waals surface area contributed by atoms with Gasteiger partial charge >= 0.3 is 0 Å². The lowest BCUT2D eigenvalue weighted by atomic mass is 10.3. The molecule has 98 valence electrons. The molecule has 0 aliphatic carbocycles. The summed E-state index contributed by atoms with van der Waals surface area (Å²) in [5.41, 5.74) is 0.898. The standard InChI is InChI=1S/C11H16ClN5O/c1-8-4-10(16(2)5-9(12)6-18-3)17-11(15-8)13-7-14-17/h4,7,9H,5-6H2,1-3H3. The molecule has 0 spiro atoms. The Morgan fingerprint density at radius 1 is 1.56 bits per heavy atom. The molecule has 0 N–H and O–H groups in total. The maximum absolute atomic E-state index is 6.16. The van der Waals surface area contributed by atoms with Crippen molar-refractivity contribution in [2.75, 3.05) is 32.2 Å². The first-order valence-electron chi connectivity index (χ1n) is 5.63. The summed E-state index contributed by atoms with van der Waals surface area (Å²) in [7, 11) is 3.60. The van der Waals surface area contributed by atoms with Crippen molar-refractivity contribution >= 4 is 23.2 Å². The summed E-state index contributed by atoms with van der Waals surface area (Å²) in [5, 5.41) is 4.08. The van der Waals surface area contributed by atoms with Crippen molar-refractivity contribution in [3.05, 3.63) is 18.1 Å². The second kappa shape index (κ2) is 5.49. The Morgan fingerprint density at radius 3 is 3.06 bits per heavy atom. The molecule has 0 saturated carbocycles. The van der Waals surface area contributed by atoms with Gasteiger partial charge in [0, 0.05) is 32.5 Å². The molecule has 6 nitrogen and oxygen atoms in total. The lowest BCUT2D eigenvalue weighted by Crippen LogP contribution is -2.30. The van der Waals surface area contributed by atoms with E-state index in [0.29, 0.717) is 18.9 Å². The van der Waals surface area contributed by atoms with E-state index in [0.717, 1.165) is 11.5 Å². The lowest BCUT2D eigenvalue weighted by Gasteiger charge is -2.22. The monoisotopic (exact) mass is 269 g/mol. The fourth-order valence-corrected chi connectivity index (χ4v) is 2.14.